The summed E-state index contributed by atoms with van der Waals surface area (Å²) in [5.74, 6) is 0.889. The minimum absolute atomic E-state index is 0.0250. The highest BCUT2D eigenvalue weighted by atomic mass is 16.5. The molecule has 0 radical (unpaired) electrons. The number of nitrogens with one attached hydrogen (secondary N) is 1. The molecule has 114 valence electrons. The van der Waals surface area contributed by atoms with Crippen LogP contribution >= 0.6 is 0 Å². The summed E-state index contributed by atoms with van der Waals surface area (Å²) in [5, 5.41) is 12.2. The molecule has 1 aliphatic heterocycles. The number of amides is 1. The smallest absolute Gasteiger partial charge is 0.234 e. The number of carbonyl (C=O) groups excluding carboxylic acids is 1. The minimum Gasteiger partial charge on any atom is -0.493 e. The van der Waals surface area contributed by atoms with Crippen LogP contribution in [-0.2, 0) is 4.79 Å². The molecule has 1 aliphatic carbocycles. The quantitative estimate of drug-likeness (QED) is 0.823. The molecule has 5 heteroatoms. The topological polar surface area (TPSA) is 61.8 Å². The molecule has 21 heavy (non-hydrogen) atoms. The molecule has 1 unspecified atom stereocenters. The van der Waals surface area contributed by atoms with Gasteiger partial charge in [0.1, 0.15) is 5.75 Å². The Labute approximate surface area is 124 Å². The van der Waals surface area contributed by atoms with E-state index in [1.165, 1.54) is 0 Å². The molecule has 0 spiro atoms. The highest BCUT2D eigenvalue weighted by molar-refractivity contribution is 5.78. The van der Waals surface area contributed by atoms with Crippen molar-refractivity contribution < 1.29 is 14.6 Å². The monoisotopic (exact) mass is 290 g/mol. The van der Waals surface area contributed by atoms with E-state index in [9.17, 15) is 4.79 Å². The van der Waals surface area contributed by atoms with Crippen LogP contribution < -0.4 is 10.1 Å². The van der Waals surface area contributed by atoms with Gasteiger partial charge in [-0.05, 0) is 18.9 Å². The van der Waals surface area contributed by atoms with Crippen LogP contribution in [0.4, 0.5) is 0 Å². The van der Waals surface area contributed by atoms with Gasteiger partial charge in [0, 0.05) is 24.6 Å². The van der Waals surface area contributed by atoms with E-state index in [0.29, 0.717) is 25.7 Å². The van der Waals surface area contributed by atoms with Gasteiger partial charge >= 0.3 is 0 Å². The molecular formula is C16H22N2O3. The zero-order valence-electron chi connectivity index (χ0n) is 12.1. The molecule has 1 atom stereocenters. The van der Waals surface area contributed by atoms with E-state index in [4.69, 9.17) is 9.84 Å². The number of para-hydroxylation sites is 1. The average molecular weight is 290 g/mol. The normalized spacial score (nSPS) is 20.8. The zero-order chi connectivity index (χ0) is 14.7. The lowest BCUT2D eigenvalue weighted by molar-refractivity contribution is -0.123. The maximum atomic E-state index is 12.3. The number of aliphatic hydroxyl groups excluding tert-OH is 1. The average Bonchev–Trinajstić information content (AvgIpc) is 3.32. The van der Waals surface area contributed by atoms with Crippen LogP contribution in [0.1, 0.15) is 30.9 Å². The summed E-state index contributed by atoms with van der Waals surface area (Å²) in [4.78, 5) is 14.3. The number of fused-ring (bicyclic) bond motifs is 1. The first kappa shape index (κ1) is 14.4. The lowest BCUT2D eigenvalue weighted by Crippen LogP contribution is -2.42. The van der Waals surface area contributed by atoms with Gasteiger partial charge < -0.3 is 15.2 Å². The van der Waals surface area contributed by atoms with Gasteiger partial charge in [-0.3, -0.25) is 9.69 Å². The Morgan fingerprint density at radius 1 is 1.33 bits per heavy atom. The number of ether oxygens (including phenoxy) is 1. The fourth-order valence-corrected chi connectivity index (χ4v) is 2.88. The molecule has 2 N–H and O–H groups in total. The summed E-state index contributed by atoms with van der Waals surface area (Å²) in [6, 6.07) is 8.36. The van der Waals surface area contributed by atoms with E-state index in [-0.39, 0.29) is 18.6 Å². The fraction of sp³-hybridized carbons (Fsp3) is 0.562. The summed E-state index contributed by atoms with van der Waals surface area (Å²) in [6.45, 7) is 1.67. The standard InChI is InChI=1S/C16H22N2O3/c19-9-8-18(12-5-6-12)11-16(20)17-14-7-10-21-15-4-2-1-3-13(14)15/h1-4,12,14,19H,5-11H2,(H,17,20). The first-order chi connectivity index (χ1) is 10.3. The largest absolute Gasteiger partial charge is 0.493 e. The van der Waals surface area contributed by atoms with E-state index in [2.05, 4.69) is 10.2 Å². The molecule has 0 saturated heterocycles. The molecule has 1 fully saturated rings. The van der Waals surface area contributed by atoms with Crippen LogP contribution in [-0.4, -0.2) is 48.3 Å². The predicted molar refractivity (Wildman–Crippen MR) is 79.1 cm³/mol. The van der Waals surface area contributed by atoms with Gasteiger partial charge in [-0.15, -0.1) is 0 Å². The third-order valence-electron chi connectivity index (χ3n) is 4.09. The van der Waals surface area contributed by atoms with Crippen molar-refractivity contribution >= 4 is 5.91 Å². The molecule has 0 aromatic heterocycles. The second-order valence-electron chi connectivity index (χ2n) is 5.72. The number of nitrogens with zero attached hydrogens (tertiary/aromatic N) is 1. The van der Waals surface area contributed by atoms with Crippen molar-refractivity contribution in [1.29, 1.82) is 0 Å². The van der Waals surface area contributed by atoms with E-state index in [1.807, 2.05) is 24.3 Å². The molecule has 1 aromatic rings. The maximum absolute atomic E-state index is 12.3. The van der Waals surface area contributed by atoms with Crippen LogP contribution in [0.5, 0.6) is 5.75 Å². The van der Waals surface area contributed by atoms with E-state index in [1.54, 1.807) is 0 Å². The van der Waals surface area contributed by atoms with Crippen LogP contribution in [0, 0.1) is 0 Å². The number of carbonyl (C=O) groups is 1. The molecule has 1 amide bonds. The number of hydrogen-bond donors (Lipinski definition) is 2. The van der Waals surface area contributed by atoms with Crippen LogP contribution in [0.3, 0.4) is 0 Å². The first-order valence-corrected chi connectivity index (χ1v) is 7.64. The molecule has 2 aliphatic rings. The Bertz CT molecular complexity index is 502. The van der Waals surface area contributed by atoms with Crippen molar-refractivity contribution in [2.24, 2.45) is 0 Å². The van der Waals surface area contributed by atoms with Crippen LogP contribution in [0.2, 0.25) is 0 Å². The molecule has 1 heterocycles. The molecule has 3 rings (SSSR count). The van der Waals surface area contributed by atoms with Crippen molar-refractivity contribution in [1.82, 2.24) is 10.2 Å². The fourth-order valence-electron chi connectivity index (χ4n) is 2.88. The Hall–Kier alpha value is -1.59. The van der Waals surface area contributed by atoms with Crippen molar-refractivity contribution in [3.8, 4) is 5.75 Å². The molecule has 0 bridgehead atoms. The highest BCUT2D eigenvalue weighted by Gasteiger charge is 2.30. The van der Waals surface area contributed by atoms with Crippen LogP contribution in [0.25, 0.3) is 0 Å². The Kier molecular flexibility index (Phi) is 4.41. The van der Waals surface area contributed by atoms with Crippen molar-refractivity contribution in [2.45, 2.75) is 31.3 Å². The Morgan fingerprint density at radius 3 is 2.90 bits per heavy atom. The first-order valence-electron chi connectivity index (χ1n) is 7.64. The second-order valence-corrected chi connectivity index (χ2v) is 5.72. The Balaban J connectivity index is 1.60. The third-order valence-corrected chi connectivity index (χ3v) is 4.09. The van der Waals surface area contributed by atoms with Gasteiger partial charge in [0.25, 0.3) is 0 Å². The maximum Gasteiger partial charge on any atom is 0.234 e. The Morgan fingerprint density at radius 2 is 2.14 bits per heavy atom. The van der Waals surface area contributed by atoms with Crippen LogP contribution in [0.15, 0.2) is 24.3 Å². The molecule has 5 nitrogen and oxygen atoms in total. The molecular weight excluding hydrogens is 268 g/mol. The van der Waals surface area contributed by atoms with Gasteiger partial charge in [0.2, 0.25) is 5.91 Å². The summed E-state index contributed by atoms with van der Waals surface area (Å²) >= 11 is 0. The number of aliphatic hydroxyl groups is 1. The zero-order valence-corrected chi connectivity index (χ0v) is 12.1. The van der Waals surface area contributed by atoms with E-state index < -0.39 is 0 Å². The third kappa shape index (κ3) is 3.54. The van der Waals surface area contributed by atoms with Gasteiger partial charge in [0.05, 0.1) is 25.8 Å². The molecule has 1 saturated carbocycles. The van der Waals surface area contributed by atoms with Crippen molar-refractivity contribution in [3.63, 3.8) is 0 Å². The summed E-state index contributed by atoms with van der Waals surface area (Å²) in [7, 11) is 0. The highest BCUT2D eigenvalue weighted by Crippen LogP contribution is 2.31. The van der Waals surface area contributed by atoms with Crippen molar-refractivity contribution in [3.05, 3.63) is 29.8 Å². The van der Waals surface area contributed by atoms with Crippen molar-refractivity contribution in [2.75, 3.05) is 26.3 Å². The van der Waals surface area contributed by atoms with Gasteiger partial charge in [-0.2, -0.15) is 0 Å². The van der Waals surface area contributed by atoms with E-state index in [0.717, 1.165) is 30.6 Å². The lowest BCUT2D eigenvalue weighted by atomic mass is 10.0. The number of rotatable bonds is 6. The SMILES string of the molecule is O=C(CN(CCO)C1CC1)NC1CCOc2ccccc21. The van der Waals surface area contributed by atoms with Gasteiger partial charge in [-0.1, -0.05) is 18.2 Å². The van der Waals surface area contributed by atoms with E-state index >= 15 is 0 Å². The lowest BCUT2D eigenvalue weighted by Gasteiger charge is -2.28. The van der Waals surface area contributed by atoms with Gasteiger partial charge in [0.15, 0.2) is 0 Å². The predicted octanol–water partition coefficient (Wildman–Crippen LogP) is 1.08. The molecule has 1 aromatic carbocycles. The van der Waals surface area contributed by atoms with Gasteiger partial charge in [-0.25, -0.2) is 0 Å². The summed E-state index contributed by atoms with van der Waals surface area (Å²) in [6.07, 6.45) is 3.06. The second kappa shape index (κ2) is 6.45. The summed E-state index contributed by atoms with van der Waals surface area (Å²) < 4.78 is 5.61. The minimum atomic E-state index is 0.0250. The summed E-state index contributed by atoms with van der Waals surface area (Å²) in [5.41, 5.74) is 1.05. The number of hydrogen-bond acceptors (Lipinski definition) is 4. The number of benzene rings is 1.